The molecular formula is C21H25N3O3. The third kappa shape index (κ3) is 4.64. The van der Waals surface area contributed by atoms with Crippen molar-refractivity contribution in [3.8, 4) is 11.1 Å². The number of aromatic nitrogens is 1. The summed E-state index contributed by atoms with van der Waals surface area (Å²) in [5.41, 5.74) is 2.44. The molecule has 6 heteroatoms. The Morgan fingerprint density at radius 3 is 2.59 bits per heavy atom. The van der Waals surface area contributed by atoms with Crippen LogP contribution in [0, 0.1) is 0 Å². The molecule has 2 amide bonds. The van der Waals surface area contributed by atoms with E-state index in [0.717, 1.165) is 44.3 Å². The summed E-state index contributed by atoms with van der Waals surface area (Å²) in [5.74, 6) is -0.0855. The topological polar surface area (TPSA) is 71.5 Å². The van der Waals surface area contributed by atoms with E-state index >= 15 is 0 Å². The van der Waals surface area contributed by atoms with Crippen LogP contribution < -0.4 is 5.32 Å². The van der Waals surface area contributed by atoms with Gasteiger partial charge in [0.2, 0.25) is 0 Å². The van der Waals surface area contributed by atoms with E-state index < -0.39 is 6.09 Å². The maximum Gasteiger partial charge on any atom is 0.411 e. The van der Waals surface area contributed by atoms with E-state index in [2.05, 4.69) is 10.3 Å². The highest BCUT2D eigenvalue weighted by molar-refractivity contribution is 6.07. The van der Waals surface area contributed by atoms with E-state index in [0.29, 0.717) is 23.4 Å². The maximum absolute atomic E-state index is 13.2. The van der Waals surface area contributed by atoms with Crippen LogP contribution in [0.2, 0.25) is 0 Å². The SMILES string of the molecule is CCCCOC(=O)Nc1cncc(-c2ccccc2)c1C(=O)N1CCCC1. The summed E-state index contributed by atoms with van der Waals surface area (Å²) in [6.07, 6.45) is 6.36. The van der Waals surface area contributed by atoms with E-state index in [1.807, 2.05) is 42.2 Å². The van der Waals surface area contributed by atoms with Crippen molar-refractivity contribution < 1.29 is 14.3 Å². The minimum atomic E-state index is -0.564. The van der Waals surface area contributed by atoms with Gasteiger partial charge >= 0.3 is 6.09 Å². The van der Waals surface area contributed by atoms with Gasteiger partial charge in [-0.15, -0.1) is 0 Å². The molecule has 0 spiro atoms. The highest BCUT2D eigenvalue weighted by Crippen LogP contribution is 2.30. The molecule has 0 saturated carbocycles. The Hall–Kier alpha value is -2.89. The van der Waals surface area contributed by atoms with E-state index in [1.54, 1.807) is 6.20 Å². The monoisotopic (exact) mass is 367 g/mol. The molecule has 0 bridgehead atoms. The molecule has 1 aliphatic rings. The number of unbranched alkanes of at least 4 members (excludes halogenated alkanes) is 1. The van der Waals surface area contributed by atoms with Crippen LogP contribution >= 0.6 is 0 Å². The van der Waals surface area contributed by atoms with Gasteiger partial charge in [-0.1, -0.05) is 43.7 Å². The van der Waals surface area contributed by atoms with Crippen LogP contribution in [0.3, 0.4) is 0 Å². The summed E-state index contributed by atoms with van der Waals surface area (Å²) in [7, 11) is 0. The van der Waals surface area contributed by atoms with Gasteiger partial charge in [-0.25, -0.2) is 4.79 Å². The quantitative estimate of drug-likeness (QED) is 0.771. The number of nitrogens with zero attached hydrogens (tertiary/aromatic N) is 2. The van der Waals surface area contributed by atoms with Crippen LogP contribution in [0.25, 0.3) is 11.1 Å². The lowest BCUT2D eigenvalue weighted by Crippen LogP contribution is -2.29. The Bertz CT molecular complexity index is 787. The highest BCUT2D eigenvalue weighted by atomic mass is 16.5. The predicted octanol–water partition coefficient (Wildman–Crippen LogP) is 4.33. The smallest absolute Gasteiger partial charge is 0.411 e. The zero-order chi connectivity index (χ0) is 19.1. The number of hydrogen-bond acceptors (Lipinski definition) is 4. The highest BCUT2D eigenvalue weighted by Gasteiger charge is 2.26. The Labute approximate surface area is 159 Å². The Kier molecular flexibility index (Phi) is 6.41. The summed E-state index contributed by atoms with van der Waals surface area (Å²) in [6, 6.07) is 9.62. The van der Waals surface area contributed by atoms with Gasteiger partial charge in [-0.2, -0.15) is 0 Å². The van der Waals surface area contributed by atoms with Crippen LogP contribution in [0.15, 0.2) is 42.7 Å². The molecule has 27 heavy (non-hydrogen) atoms. The van der Waals surface area contributed by atoms with Crippen molar-refractivity contribution >= 4 is 17.7 Å². The zero-order valence-electron chi connectivity index (χ0n) is 15.6. The van der Waals surface area contributed by atoms with Gasteiger partial charge in [-0.05, 0) is 24.8 Å². The average molecular weight is 367 g/mol. The summed E-state index contributed by atoms with van der Waals surface area (Å²) in [6.45, 7) is 3.84. The molecule has 1 fully saturated rings. The predicted molar refractivity (Wildman–Crippen MR) is 105 cm³/mol. The first-order valence-electron chi connectivity index (χ1n) is 9.47. The Morgan fingerprint density at radius 1 is 1.15 bits per heavy atom. The van der Waals surface area contributed by atoms with Crippen LogP contribution in [0.1, 0.15) is 43.0 Å². The summed E-state index contributed by atoms with van der Waals surface area (Å²) in [5, 5.41) is 2.71. The second-order valence-corrected chi connectivity index (χ2v) is 6.59. The molecule has 6 nitrogen and oxygen atoms in total. The van der Waals surface area contributed by atoms with Crippen molar-refractivity contribution in [2.75, 3.05) is 25.0 Å². The molecule has 0 unspecified atom stereocenters. The summed E-state index contributed by atoms with van der Waals surface area (Å²) >= 11 is 0. The van der Waals surface area contributed by atoms with Gasteiger partial charge in [0.15, 0.2) is 0 Å². The van der Waals surface area contributed by atoms with E-state index in [1.165, 1.54) is 6.20 Å². The Morgan fingerprint density at radius 2 is 1.89 bits per heavy atom. The summed E-state index contributed by atoms with van der Waals surface area (Å²) < 4.78 is 5.19. The minimum Gasteiger partial charge on any atom is -0.449 e. The molecule has 2 heterocycles. The summed E-state index contributed by atoms with van der Waals surface area (Å²) in [4.78, 5) is 31.4. The van der Waals surface area contributed by atoms with Crippen LogP contribution in [0.4, 0.5) is 10.5 Å². The number of rotatable bonds is 6. The van der Waals surface area contributed by atoms with Crippen molar-refractivity contribution in [1.29, 1.82) is 0 Å². The lowest BCUT2D eigenvalue weighted by atomic mass is 9.99. The molecule has 0 atom stereocenters. The van der Waals surface area contributed by atoms with Gasteiger partial charge in [0.05, 0.1) is 24.1 Å². The van der Waals surface area contributed by atoms with Crippen molar-refractivity contribution in [3.63, 3.8) is 0 Å². The minimum absolute atomic E-state index is 0.0855. The van der Waals surface area contributed by atoms with Crippen molar-refractivity contribution in [2.24, 2.45) is 0 Å². The van der Waals surface area contributed by atoms with Crippen molar-refractivity contribution in [3.05, 3.63) is 48.3 Å². The molecule has 1 N–H and O–H groups in total. The average Bonchev–Trinajstić information content (AvgIpc) is 3.23. The van der Waals surface area contributed by atoms with Crippen LogP contribution in [0.5, 0.6) is 0 Å². The number of ether oxygens (including phenoxy) is 1. The molecule has 1 aromatic heterocycles. The normalized spacial score (nSPS) is 13.4. The number of anilines is 1. The molecule has 1 saturated heterocycles. The zero-order valence-corrected chi connectivity index (χ0v) is 15.6. The number of pyridine rings is 1. The number of benzene rings is 1. The van der Waals surface area contributed by atoms with Crippen molar-refractivity contribution in [2.45, 2.75) is 32.6 Å². The first kappa shape index (κ1) is 18.9. The first-order valence-corrected chi connectivity index (χ1v) is 9.47. The molecule has 142 valence electrons. The van der Waals surface area contributed by atoms with Gasteiger partial charge < -0.3 is 9.64 Å². The van der Waals surface area contributed by atoms with E-state index in [9.17, 15) is 9.59 Å². The number of hydrogen-bond donors (Lipinski definition) is 1. The molecule has 1 aromatic carbocycles. The largest absolute Gasteiger partial charge is 0.449 e. The Balaban J connectivity index is 1.94. The van der Waals surface area contributed by atoms with Gasteiger partial charge in [0.25, 0.3) is 5.91 Å². The second-order valence-electron chi connectivity index (χ2n) is 6.59. The van der Waals surface area contributed by atoms with Gasteiger partial charge in [0.1, 0.15) is 0 Å². The maximum atomic E-state index is 13.2. The third-order valence-electron chi connectivity index (χ3n) is 4.61. The number of nitrogens with one attached hydrogen (secondary N) is 1. The third-order valence-corrected chi connectivity index (χ3v) is 4.61. The van der Waals surface area contributed by atoms with Gasteiger partial charge in [-0.3, -0.25) is 15.1 Å². The molecule has 0 radical (unpaired) electrons. The number of carbonyl (C=O) groups is 2. The fraction of sp³-hybridized carbons (Fsp3) is 0.381. The first-order chi connectivity index (χ1) is 13.2. The van der Waals surface area contributed by atoms with Crippen LogP contribution in [-0.4, -0.2) is 41.6 Å². The fourth-order valence-electron chi connectivity index (χ4n) is 3.16. The molecule has 3 rings (SSSR count). The number of likely N-dealkylation sites (tertiary alicyclic amines) is 1. The fourth-order valence-corrected chi connectivity index (χ4v) is 3.16. The van der Waals surface area contributed by atoms with Crippen LogP contribution in [-0.2, 0) is 4.74 Å². The number of amides is 2. The van der Waals surface area contributed by atoms with E-state index in [4.69, 9.17) is 4.74 Å². The van der Waals surface area contributed by atoms with Crippen molar-refractivity contribution in [1.82, 2.24) is 9.88 Å². The van der Waals surface area contributed by atoms with Gasteiger partial charge in [0, 0.05) is 24.8 Å². The standard InChI is InChI=1S/C21H25N3O3/c1-2-3-13-27-21(26)23-18-15-22-14-17(16-9-5-4-6-10-16)19(18)20(25)24-11-7-8-12-24/h4-6,9-10,14-15H,2-3,7-8,11-13H2,1H3,(H,23,26). The lowest BCUT2D eigenvalue weighted by molar-refractivity contribution is 0.0794. The molecule has 2 aromatic rings. The molecule has 0 aliphatic carbocycles. The molecular weight excluding hydrogens is 342 g/mol. The molecule has 1 aliphatic heterocycles. The lowest BCUT2D eigenvalue weighted by Gasteiger charge is -2.20. The second kappa shape index (κ2) is 9.16. The van der Waals surface area contributed by atoms with E-state index in [-0.39, 0.29) is 5.91 Å². The number of carbonyl (C=O) groups excluding carboxylic acids is 2.